The summed E-state index contributed by atoms with van der Waals surface area (Å²) < 4.78 is 2.29. The number of benzene rings is 1. The molecule has 1 aromatic heterocycles. The molecule has 3 rings (SSSR count). The Morgan fingerprint density at radius 2 is 1.96 bits per heavy atom. The molecule has 1 aliphatic heterocycles. The van der Waals surface area contributed by atoms with Crippen molar-refractivity contribution in [2.24, 2.45) is 5.92 Å². The van der Waals surface area contributed by atoms with Crippen LogP contribution in [0.3, 0.4) is 0 Å². The molecular formula is C19H25N3O. The van der Waals surface area contributed by atoms with Gasteiger partial charge in [-0.25, -0.2) is 0 Å². The molecule has 0 radical (unpaired) electrons. The van der Waals surface area contributed by atoms with E-state index in [1.54, 1.807) is 0 Å². The zero-order chi connectivity index (χ0) is 16.2. The van der Waals surface area contributed by atoms with E-state index in [1.165, 1.54) is 11.3 Å². The molecule has 1 atom stereocenters. The summed E-state index contributed by atoms with van der Waals surface area (Å²) in [7, 11) is 0. The molecule has 4 heteroatoms. The number of fused-ring (bicyclic) bond motifs is 1. The molecule has 0 fully saturated rings. The Morgan fingerprint density at radius 3 is 2.70 bits per heavy atom. The number of nitrogens with one attached hydrogen (secondary N) is 1. The van der Waals surface area contributed by atoms with Crippen molar-refractivity contribution in [2.75, 3.05) is 19.6 Å². The van der Waals surface area contributed by atoms with Gasteiger partial charge in [-0.2, -0.15) is 0 Å². The third-order valence-corrected chi connectivity index (χ3v) is 4.31. The normalized spacial score (nSPS) is 18.0. The number of carbonyl (C=O) groups excluding carboxylic acids is 1. The summed E-state index contributed by atoms with van der Waals surface area (Å²) in [5, 5.41) is 3.03. The average molecular weight is 311 g/mol. The molecule has 0 spiro atoms. The predicted molar refractivity (Wildman–Crippen MR) is 92.1 cm³/mol. The van der Waals surface area contributed by atoms with E-state index in [0.717, 1.165) is 19.6 Å². The maximum absolute atomic E-state index is 12.3. The number of amides is 1. The van der Waals surface area contributed by atoms with Crippen LogP contribution < -0.4 is 5.32 Å². The highest BCUT2D eigenvalue weighted by Crippen LogP contribution is 2.31. The number of aromatic nitrogens is 1. The monoisotopic (exact) mass is 311 g/mol. The van der Waals surface area contributed by atoms with Crippen molar-refractivity contribution in [1.29, 1.82) is 0 Å². The summed E-state index contributed by atoms with van der Waals surface area (Å²) in [5.74, 6) is 0.585. The molecule has 1 aromatic carbocycles. The highest BCUT2D eigenvalue weighted by Gasteiger charge is 2.29. The minimum atomic E-state index is 0.111. The summed E-state index contributed by atoms with van der Waals surface area (Å²) in [6, 6.07) is 14.8. The first-order valence-electron chi connectivity index (χ1n) is 8.36. The van der Waals surface area contributed by atoms with Crippen molar-refractivity contribution in [1.82, 2.24) is 14.8 Å². The van der Waals surface area contributed by atoms with Crippen LogP contribution in [0.1, 0.15) is 31.1 Å². The number of carbonyl (C=O) groups is 1. The van der Waals surface area contributed by atoms with E-state index in [9.17, 15) is 4.79 Å². The fourth-order valence-corrected chi connectivity index (χ4v) is 3.18. The molecular weight excluding hydrogens is 286 g/mol. The lowest BCUT2D eigenvalue weighted by Gasteiger charge is -2.36. The molecule has 0 unspecified atom stereocenters. The van der Waals surface area contributed by atoms with Crippen LogP contribution in [0.4, 0.5) is 0 Å². The van der Waals surface area contributed by atoms with E-state index in [-0.39, 0.29) is 11.9 Å². The molecule has 1 N–H and O–H groups in total. The van der Waals surface area contributed by atoms with E-state index in [4.69, 9.17) is 0 Å². The largest absolute Gasteiger partial charge is 0.355 e. The third kappa shape index (κ3) is 3.64. The Hall–Kier alpha value is -2.07. The van der Waals surface area contributed by atoms with E-state index >= 15 is 0 Å². The molecule has 1 aliphatic rings. The summed E-state index contributed by atoms with van der Waals surface area (Å²) in [5.41, 5.74) is 2.50. The van der Waals surface area contributed by atoms with Gasteiger partial charge in [0.25, 0.3) is 0 Å². The molecule has 0 saturated carbocycles. The number of nitrogens with zero attached hydrogens (tertiary/aromatic N) is 2. The molecule has 122 valence electrons. The second-order valence-corrected chi connectivity index (χ2v) is 6.61. The first-order valence-corrected chi connectivity index (χ1v) is 8.36. The molecule has 1 amide bonds. The van der Waals surface area contributed by atoms with Gasteiger partial charge in [-0.3, -0.25) is 9.69 Å². The van der Waals surface area contributed by atoms with Gasteiger partial charge < -0.3 is 9.88 Å². The minimum absolute atomic E-state index is 0.111. The first-order chi connectivity index (χ1) is 11.1. The zero-order valence-electron chi connectivity index (χ0n) is 13.9. The van der Waals surface area contributed by atoms with E-state index in [0.29, 0.717) is 12.5 Å². The molecule has 2 heterocycles. The zero-order valence-corrected chi connectivity index (χ0v) is 13.9. The first kappa shape index (κ1) is 15.8. The average Bonchev–Trinajstić information content (AvgIpc) is 3.02. The van der Waals surface area contributed by atoms with Crippen molar-refractivity contribution in [3.63, 3.8) is 0 Å². The second kappa shape index (κ2) is 7.01. The maximum Gasteiger partial charge on any atom is 0.234 e. The minimum Gasteiger partial charge on any atom is -0.355 e. The molecule has 4 nitrogen and oxygen atoms in total. The highest BCUT2D eigenvalue weighted by molar-refractivity contribution is 5.78. The van der Waals surface area contributed by atoms with E-state index < -0.39 is 0 Å². The van der Waals surface area contributed by atoms with Crippen LogP contribution in [0.2, 0.25) is 0 Å². The van der Waals surface area contributed by atoms with Crippen LogP contribution >= 0.6 is 0 Å². The Morgan fingerprint density at radius 1 is 1.17 bits per heavy atom. The van der Waals surface area contributed by atoms with Crippen molar-refractivity contribution in [3.8, 4) is 0 Å². The summed E-state index contributed by atoms with van der Waals surface area (Å²) in [6.45, 7) is 7.22. The van der Waals surface area contributed by atoms with Crippen LogP contribution in [-0.4, -0.2) is 35.0 Å². The molecule has 0 saturated heterocycles. The molecule has 2 aromatic rings. The van der Waals surface area contributed by atoms with Gasteiger partial charge >= 0.3 is 0 Å². The van der Waals surface area contributed by atoms with Crippen LogP contribution in [0.15, 0.2) is 48.7 Å². The quantitative estimate of drug-likeness (QED) is 0.922. The maximum atomic E-state index is 12.3. The standard InChI is InChI=1S/C19H25N3O/c1-15(2)13-20-18(23)14-22-12-11-21-10-6-9-17(21)19(22)16-7-4-3-5-8-16/h3-10,15,19H,11-14H2,1-2H3,(H,20,23)/t19-/m1/s1. The Kier molecular flexibility index (Phi) is 4.82. The Bertz CT molecular complexity index is 648. The van der Waals surface area contributed by atoms with Gasteiger partial charge in [0.05, 0.1) is 12.6 Å². The Balaban J connectivity index is 1.80. The second-order valence-electron chi connectivity index (χ2n) is 6.61. The molecule has 23 heavy (non-hydrogen) atoms. The number of hydrogen-bond acceptors (Lipinski definition) is 2. The van der Waals surface area contributed by atoms with Crippen LogP contribution in [0.5, 0.6) is 0 Å². The lowest BCUT2D eigenvalue weighted by atomic mass is 10.00. The van der Waals surface area contributed by atoms with Gasteiger partial charge in [-0.05, 0) is 23.6 Å². The summed E-state index contributed by atoms with van der Waals surface area (Å²) in [4.78, 5) is 14.6. The number of rotatable bonds is 5. The SMILES string of the molecule is CC(C)CNC(=O)CN1CCn2cccc2[C@H]1c1ccccc1. The van der Waals surface area contributed by atoms with Crippen LogP contribution in [-0.2, 0) is 11.3 Å². The molecule has 0 aliphatic carbocycles. The fourth-order valence-electron chi connectivity index (χ4n) is 3.18. The number of hydrogen-bond donors (Lipinski definition) is 1. The smallest absolute Gasteiger partial charge is 0.234 e. The van der Waals surface area contributed by atoms with E-state index in [2.05, 4.69) is 71.2 Å². The summed E-state index contributed by atoms with van der Waals surface area (Å²) in [6.07, 6.45) is 2.13. The van der Waals surface area contributed by atoms with E-state index in [1.807, 2.05) is 6.07 Å². The lowest BCUT2D eigenvalue weighted by molar-refractivity contribution is -0.123. The van der Waals surface area contributed by atoms with Gasteiger partial charge in [0.15, 0.2) is 0 Å². The van der Waals surface area contributed by atoms with Crippen molar-refractivity contribution < 1.29 is 4.79 Å². The fraction of sp³-hybridized carbons (Fsp3) is 0.421. The molecule has 0 bridgehead atoms. The van der Waals surface area contributed by atoms with Crippen molar-refractivity contribution >= 4 is 5.91 Å². The van der Waals surface area contributed by atoms with Gasteiger partial charge in [0, 0.05) is 31.5 Å². The van der Waals surface area contributed by atoms with Gasteiger partial charge in [-0.15, -0.1) is 0 Å². The Labute approximate surface area is 138 Å². The van der Waals surface area contributed by atoms with Crippen LogP contribution in [0.25, 0.3) is 0 Å². The van der Waals surface area contributed by atoms with Gasteiger partial charge in [-0.1, -0.05) is 44.2 Å². The van der Waals surface area contributed by atoms with Crippen molar-refractivity contribution in [3.05, 3.63) is 59.9 Å². The topological polar surface area (TPSA) is 37.3 Å². The van der Waals surface area contributed by atoms with Gasteiger partial charge in [0.2, 0.25) is 5.91 Å². The predicted octanol–water partition coefficient (Wildman–Crippen LogP) is 2.67. The lowest BCUT2D eigenvalue weighted by Crippen LogP contribution is -2.44. The third-order valence-electron chi connectivity index (χ3n) is 4.31. The van der Waals surface area contributed by atoms with Gasteiger partial charge in [0.1, 0.15) is 0 Å². The van der Waals surface area contributed by atoms with Crippen LogP contribution in [0, 0.1) is 5.92 Å². The highest BCUT2D eigenvalue weighted by atomic mass is 16.2. The summed E-state index contributed by atoms with van der Waals surface area (Å²) >= 11 is 0. The van der Waals surface area contributed by atoms with Crippen molar-refractivity contribution in [2.45, 2.75) is 26.4 Å².